The number of hydrogen-bond acceptors (Lipinski definition) is 15. The van der Waals surface area contributed by atoms with E-state index in [4.69, 9.17) is 25.0 Å². The van der Waals surface area contributed by atoms with Crippen molar-refractivity contribution in [2.75, 3.05) is 31.1 Å². The number of nitrogens with one attached hydrogen (secondary N) is 2. The van der Waals surface area contributed by atoms with Crippen molar-refractivity contribution in [1.82, 2.24) is 20.0 Å². The predicted octanol–water partition coefficient (Wildman–Crippen LogP) is 1.97. The molecule has 9 N–H and O–H groups in total. The lowest BCUT2D eigenvalue weighted by molar-refractivity contribution is -0.197. The fourth-order valence-corrected chi connectivity index (χ4v) is 10.0. The minimum atomic E-state index is -5.20. The van der Waals surface area contributed by atoms with Crippen LogP contribution in [0.25, 0.3) is 33.4 Å². The van der Waals surface area contributed by atoms with E-state index in [1.165, 1.54) is 24.3 Å². The third-order valence-electron chi connectivity index (χ3n) is 10.4. The van der Waals surface area contributed by atoms with Crippen LogP contribution in [0.2, 0.25) is 0 Å². The molecule has 25 heteroatoms. The zero-order valence-electron chi connectivity index (χ0n) is 37.4. The van der Waals surface area contributed by atoms with Crippen molar-refractivity contribution in [3.8, 4) is 22.5 Å². The van der Waals surface area contributed by atoms with Crippen LogP contribution < -0.4 is 26.5 Å². The van der Waals surface area contributed by atoms with Crippen molar-refractivity contribution >= 4 is 76.6 Å². The highest BCUT2D eigenvalue weighted by atomic mass is 32.2. The number of carboxylic acids is 1. The molecular formula is C42H55N6O16S3+. The van der Waals surface area contributed by atoms with Crippen LogP contribution in [-0.2, 0) is 49.5 Å². The number of carboxylic acid groups (broad SMARTS) is 1. The van der Waals surface area contributed by atoms with Gasteiger partial charge >= 0.3 is 22.1 Å². The minimum absolute atomic E-state index is 0.0413. The van der Waals surface area contributed by atoms with Crippen LogP contribution in [0.4, 0.5) is 5.69 Å². The van der Waals surface area contributed by atoms with E-state index in [-0.39, 0.29) is 59.9 Å². The Morgan fingerprint density at radius 3 is 2.04 bits per heavy atom. The summed E-state index contributed by atoms with van der Waals surface area (Å²) in [5.41, 5.74) is 3.94. The lowest BCUT2D eigenvalue weighted by atomic mass is 9.89. The van der Waals surface area contributed by atoms with Gasteiger partial charge in [0.25, 0.3) is 27.8 Å². The monoisotopic (exact) mass is 995 g/mol. The van der Waals surface area contributed by atoms with Gasteiger partial charge in [0.2, 0.25) is 20.3 Å². The summed E-state index contributed by atoms with van der Waals surface area (Å²) in [6.07, 6.45) is 0.547. The Hall–Kier alpha value is -5.83. The lowest BCUT2D eigenvalue weighted by Crippen LogP contribution is -2.47. The largest absolute Gasteiger partial charge is 0.478 e. The minimum Gasteiger partial charge on any atom is -0.478 e. The number of imide groups is 1. The number of carbonyl (C=O) groups excluding carboxylic acids is 4. The van der Waals surface area contributed by atoms with Crippen molar-refractivity contribution in [2.24, 2.45) is 0 Å². The topological polar surface area (TPSA) is 353 Å². The van der Waals surface area contributed by atoms with Gasteiger partial charge < -0.3 is 25.4 Å². The highest BCUT2D eigenvalue weighted by Crippen LogP contribution is 2.45. The van der Waals surface area contributed by atoms with E-state index in [9.17, 15) is 58.9 Å². The SMILES string of the molecule is CCN(C(C)C)C(C)C.Nc1ccc2c(-c3ccc(C(=O)NCCCCCC(=O)ON4C(=O)CCC4=O)cc3C(=O)O)c3ccc(=[NH2+])c(S(=O)(=O)O)c-3oc2c1S(=O)(=O)NCCCS(=O)(=O)O. The molecule has 3 aliphatic rings. The molecular weight excluding hydrogens is 941 g/mol. The van der Waals surface area contributed by atoms with Crippen LogP contribution in [-0.4, -0.2) is 117 Å². The van der Waals surface area contributed by atoms with Gasteiger partial charge in [-0.3, -0.25) is 33.8 Å². The number of amides is 3. The molecule has 22 nitrogen and oxygen atoms in total. The van der Waals surface area contributed by atoms with Crippen LogP contribution in [0.3, 0.4) is 0 Å². The molecule has 0 spiro atoms. The fraction of sp³-hybridized carbons (Fsp3) is 0.429. The van der Waals surface area contributed by atoms with Gasteiger partial charge in [-0.05, 0) is 89.4 Å². The van der Waals surface area contributed by atoms with Gasteiger partial charge in [-0.2, -0.15) is 16.8 Å². The van der Waals surface area contributed by atoms with E-state index < -0.39 is 110 Å². The third-order valence-corrected chi connectivity index (χ3v) is 13.7. The number of aromatic carboxylic acids is 1. The number of hydrogen-bond donors (Lipinski definition) is 7. The summed E-state index contributed by atoms with van der Waals surface area (Å²) in [5.74, 6) is -5.73. The molecule has 2 aromatic rings. The molecule has 0 atom stereocenters. The Balaban J connectivity index is 0.000000984. The first-order valence-electron chi connectivity index (χ1n) is 21.0. The van der Waals surface area contributed by atoms with Gasteiger partial charge in [-0.1, -0.05) is 19.4 Å². The van der Waals surface area contributed by atoms with Crippen molar-refractivity contribution in [3.63, 3.8) is 0 Å². The fourth-order valence-electron chi connectivity index (χ4n) is 7.45. The number of nitrogen functional groups attached to an aromatic ring is 1. The van der Waals surface area contributed by atoms with Crippen LogP contribution in [0.1, 0.15) is 100 Å². The Kier molecular flexibility index (Phi) is 17.9. The van der Waals surface area contributed by atoms with Gasteiger partial charge in [0.15, 0.2) is 11.3 Å². The van der Waals surface area contributed by atoms with Gasteiger partial charge in [0.1, 0.15) is 4.90 Å². The second-order valence-corrected chi connectivity index (χ2v) is 20.5. The Morgan fingerprint density at radius 2 is 1.49 bits per heavy atom. The molecule has 2 aromatic carbocycles. The molecule has 366 valence electrons. The number of nitrogens with two attached hydrogens (primary N) is 2. The first-order valence-corrected chi connectivity index (χ1v) is 25.5. The van der Waals surface area contributed by atoms with Crippen LogP contribution in [0.5, 0.6) is 0 Å². The van der Waals surface area contributed by atoms with E-state index in [0.29, 0.717) is 36.4 Å². The standard InChI is InChI=1S/C34H35N5O16S3.C8H19N/c35-23-10-8-20-28(21-9-11-24(36)32(58(51,52)53)30(21)54-29(20)31(23)57(49,50)38-15-4-16-56(46,47)48)19-7-6-18(17-22(19)34(44)45)33(43)37-14-3-1-2-5-27(42)55-39-25(40)12-13-26(39)41;1-6-9(7(2)3)8(4)5/h6-11,17,36,38H,1-5,12-16,35H2,(H,37,43)(H,44,45)(H,46,47,48)(H,51,52,53);7-8H,6H2,1-5H3/p+1. The first kappa shape index (κ1) is 53.8. The maximum atomic E-state index is 13.6. The Labute approximate surface area is 387 Å². The number of sulfonamides is 1. The molecule has 67 heavy (non-hydrogen) atoms. The smallest absolute Gasteiger partial charge is 0.336 e. The summed E-state index contributed by atoms with van der Waals surface area (Å²) in [5, 5.41) is 18.7. The summed E-state index contributed by atoms with van der Waals surface area (Å²) < 4.78 is 102. The van der Waals surface area contributed by atoms with Gasteiger partial charge in [-0.15, -0.1) is 5.06 Å². The summed E-state index contributed by atoms with van der Waals surface area (Å²) in [6, 6.07) is 9.61. The van der Waals surface area contributed by atoms with Gasteiger partial charge in [0.05, 0.1) is 17.0 Å². The van der Waals surface area contributed by atoms with Crippen molar-refractivity contribution in [2.45, 2.75) is 101 Å². The van der Waals surface area contributed by atoms with Crippen LogP contribution in [0.15, 0.2) is 56.7 Å². The molecule has 2 heterocycles. The number of nitrogens with zero attached hydrogens (tertiary/aromatic N) is 2. The molecule has 2 aliphatic heterocycles. The number of benzene rings is 3. The van der Waals surface area contributed by atoms with Crippen LogP contribution in [0, 0.1) is 0 Å². The summed E-state index contributed by atoms with van der Waals surface area (Å²) in [4.78, 5) is 66.7. The first-order chi connectivity index (χ1) is 31.2. The predicted molar refractivity (Wildman–Crippen MR) is 241 cm³/mol. The molecule has 0 saturated carbocycles. The highest BCUT2D eigenvalue weighted by Gasteiger charge is 2.34. The van der Waals surface area contributed by atoms with E-state index in [0.717, 1.165) is 24.7 Å². The normalized spacial score (nSPS) is 13.4. The average molecular weight is 996 g/mol. The average Bonchev–Trinajstić information content (AvgIpc) is 3.53. The second-order valence-electron chi connectivity index (χ2n) is 15.9. The summed E-state index contributed by atoms with van der Waals surface area (Å²) >= 11 is 0. The number of carbonyl (C=O) groups is 5. The maximum Gasteiger partial charge on any atom is 0.336 e. The number of anilines is 1. The molecule has 1 saturated heterocycles. The van der Waals surface area contributed by atoms with Crippen molar-refractivity contribution in [1.29, 1.82) is 0 Å². The molecule has 0 unspecified atom stereocenters. The molecule has 0 radical (unpaired) electrons. The zero-order valence-corrected chi connectivity index (χ0v) is 39.8. The molecule has 3 amide bonds. The zero-order chi connectivity index (χ0) is 50.2. The van der Waals surface area contributed by atoms with E-state index in [1.54, 1.807) is 0 Å². The molecule has 0 bridgehead atoms. The summed E-state index contributed by atoms with van der Waals surface area (Å²) in [6.45, 7) is 11.9. The van der Waals surface area contributed by atoms with E-state index >= 15 is 0 Å². The number of unbranched alkanes of at least 4 members (excludes halogenated alkanes) is 2. The number of rotatable bonds is 20. The van der Waals surface area contributed by atoms with Crippen molar-refractivity contribution in [3.05, 3.63) is 58.9 Å². The van der Waals surface area contributed by atoms with Crippen molar-refractivity contribution < 1.29 is 78.1 Å². The third kappa shape index (κ3) is 13.6. The number of hydroxylamine groups is 2. The maximum absolute atomic E-state index is 13.6. The quantitative estimate of drug-likeness (QED) is 0.0219. The highest BCUT2D eigenvalue weighted by molar-refractivity contribution is 7.90. The van der Waals surface area contributed by atoms with Gasteiger partial charge in [0, 0.05) is 72.6 Å². The van der Waals surface area contributed by atoms with E-state index in [2.05, 4.69) is 49.6 Å². The summed E-state index contributed by atoms with van der Waals surface area (Å²) in [7, 11) is -14.4. The molecule has 5 rings (SSSR count). The molecule has 1 aliphatic carbocycles. The van der Waals surface area contributed by atoms with E-state index in [1.807, 2.05) is 0 Å². The Morgan fingerprint density at radius 1 is 0.866 bits per heavy atom. The molecule has 0 aromatic heterocycles. The lowest BCUT2D eigenvalue weighted by Gasteiger charge is -2.28. The van der Waals surface area contributed by atoms with Gasteiger partial charge in [-0.25, -0.2) is 22.7 Å². The number of fused-ring (bicyclic) bond motifs is 2. The van der Waals surface area contributed by atoms with Crippen LogP contribution >= 0.6 is 0 Å². The second kappa shape index (κ2) is 22.3. The Bertz CT molecular complexity index is 2890. The molecule has 1 fully saturated rings.